The number of fused-ring (bicyclic) bond motifs is 5. The topological polar surface area (TPSA) is 51.8 Å². The van der Waals surface area contributed by atoms with Crippen molar-refractivity contribution < 1.29 is 4.42 Å². The molecule has 2 aromatic heterocycles. The Labute approximate surface area is 259 Å². The summed E-state index contributed by atoms with van der Waals surface area (Å²) in [4.78, 5) is 15.0. The molecular formula is C41H25N3O. The Morgan fingerprint density at radius 1 is 0.311 bits per heavy atom. The van der Waals surface area contributed by atoms with Gasteiger partial charge in [0.1, 0.15) is 11.2 Å². The van der Waals surface area contributed by atoms with Gasteiger partial charge in [0.25, 0.3) is 0 Å². The van der Waals surface area contributed by atoms with Gasteiger partial charge < -0.3 is 4.42 Å². The van der Waals surface area contributed by atoms with Gasteiger partial charge in [-0.3, -0.25) is 0 Å². The summed E-state index contributed by atoms with van der Waals surface area (Å²) in [5, 5.41) is 6.78. The van der Waals surface area contributed by atoms with Gasteiger partial charge >= 0.3 is 0 Å². The molecule has 0 aliphatic heterocycles. The Morgan fingerprint density at radius 3 is 1.44 bits per heavy atom. The van der Waals surface area contributed by atoms with Gasteiger partial charge in [0.2, 0.25) is 0 Å². The first-order valence-corrected chi connectivity index (χ1v) is 15.0. The Morgan fingerprint density at radius 2 is 0.822 bits per heavy atom. The SMILES string of the molecule is c1ccc(-c2ccc3oc4cc(-c5nc(-c6ccc7ccccc7c6)nc(-c6ccc7ccccc7c6)n5)ccc4c3c2)cc1. The van der Waals surface area contributed by atoms with Crippen molar-refractivity contribution in [3.63, 3.8) is 0 Å². The fraction of sp³-hybridized carbons (Fsp3) is 0. The molecule has 0 unspecified atom stereocenters. The third-order valence-corrected chi connectivity index (χ3v) is 8.49. The van der Waals surface area contributed by atoms with E-state index in [0.29, 0.717) is 17.5 Å². The maximum Gasteiger partial charge on any atom is 0.164 e. The molecule has 7 aromatic carbocycles. The van der Waals surface area contributed by atoms with Crippen LogP contribution in [0.1, 0.15) is 0 Å². The summed E-state index contributed by atoms with van der Waals surface area (Å²) in [7, 11) is 0. The number of benzene rings is 7. The van der Waals surface area contributed by atoms with Crippen molar-refractivity contribution in [3.8, 4) is 45.3 Å². The highest BCUT2D eigenvalue weighted by Crippen LogP contribution is 2.35. The molecule has 9 aromatic rings. The summed E-state index contributed by atoms with van der Waals surface area (Å²) >= 11 is 0. The number of furan rings is 1. The van der Waals surface area contributed by atoms with Gasteiger partial charge in [-0.1, -0.05) is 115 Å². The average Bonchev–Trinajstić information content (AvgIpc) is 3.48. The van der Waals surface area contributed by atoms with Crippen LogP contribution in [0.4, 0.5) is 0 Å². The van der Waals surface area contributed by atoms with E-state index in [9.17, 15) is 0 Å². The van der Waals surface area contributed by atoms with Crippen molar-refractivity contribution >= 4 is 43.5 Å². The first-order valence-electron chi connectivity index (χ1n) is 15.0. The highest BCUT2D eigenvalue weighted by atomic mass is 16.3. The predicted molar refractivity (Wildman–Crippen MR) is 184 cm³/mol. The lowest BCUT2D eigenvalue weighted by atomic mass is 10.0. The molecule has 0 radical (unpaired) electrons. The molecular weight excluding hydrogens is 550 g/mol. The van der Waals surface area contributed by atoms with Crippen molar-refractivity contribution in [2.75, 3.05) is 0 Å². The van der Waals surface area contributed by atoms with Gasteiger partial charge in [0.15, 0.2) is 17.5 Å². The molecule has 0 fully saturated rings. The monoisotopic (exact) mass is 575 g/mol. The first-order chi connectivity index (χ1) is 22.2. The molecule has 9 rings (SSSR count). The number of hydrogen-bond donors (Lipinski definition) is 0. The minimum Gasteiger partial charge on any atom is -0.456 e. The van der Waals surface area contributed by atoms with Crippen molar-refractivity contribution in [1.82, 2.24) is 15.0 Å². The van der Waals surface area contributed by atoms with Gasteiger partial charge in [-0.05, 0) is 69.1 Å². The summed E-state index contributed by atoms with van der Waals surface area (Å²) in [5.74, 6) is 1.86. The quantitative estimate of drug-likeness (QED) is 0.209. The molecule has 0 N–H and O–H groups in total. The van der Waals surface area contributed by atoms with Crippen LogP contribution in [0.5, 0.6) is 0 Å². The van der Waals surface area contributed by atoms with E-state index < -0.39 is 0 Å². The van der Waals surface area contributed by atoms with E-state index in [0.717, 1.165) is 55.0 Å². The van der Waals surface area contributed by atoms with E-state index in [-0.39, 0.29) is 0 Å². The van der Waals surface area contributed by atoms with Crippen LogP contribution >= 0.6 is 0 Å². The Kier molecular flexibility index (Phi) is 5.78. The van der Waals surface area contributed by atoms with Gasteiger partial charge in [0, 0.05) is 27.5 Å². The second-order valence-electron chi connectivity index (χ2n) is 11.3. The second kappa shape index (κ2) is 10.2. The smallest absolute Gasteiger partial charge is 0.164 e. The summed E-state index contributed by atoms with van der Waals surface area (Å²) < 4.78 is 6.36. The normalized spacial score (nSPS) is 11.6. The minimum absolute atomic E-state index is 0.601. The highest BCUT2D eigenvalue weighted by Gasteiger charge is 2.16. The van der Waals surface area contributed by atoms with Gasteiger partial charge in [-0.2, -0.15) is 0 Å². The molecule has 4 nitrogen and oxygen atoms in total. The summed E-state index contributed by atoms with van der Waals surface area (Å²) in [5.41, 5.74) is 6.75. The predicted octanol–water partition coefficient (Wildman–Crippen LogP) is 10.7. The summed E-state index contributed by atoms with van der Waals surface area (Å²) in [6.45, 7) is 0. The molecule has 45 heavy (non-hydrogen) atoms. The van der Waals surface area contributed by atoms with E-state index in [1.165, 1.54) is 16.3 Å². The van der Waals surface area contributed by atoms with Gasteiger partial charge in [-0.15, -0.1) is 0 Å². The fourth-order valence-corrected chi connectivity index (χ4v) is 6.15. The summed E-state index contributed by atoms with van der Waals surface area (Å²) in [6, 6.07) is 52.4. The molecule has 2 heterocycles. The Balaban J connectivity index is 1.21. The molecule has 0 aliphatic rings. The minimum atomic E-state index is 0.601. The zero-order valence-electron chi connectivity index (χ0n) is 24.2. The number of hydrogen-bond acceptors (Lipinski definition) is 4. The van der Waals surface area contributed by atoms with Crippen LogP contribution in [-0.2, 0) is 0 Å². The van der Waals surface area contributed by atoms with Crippen LogP contribution in [0.15, 0.2) is 156 Å². The molecule has 210 valence electrons. The molecule has 0 spiro atoms. The molecule has 0 atom stereocenters. The van der Waals surface area contributed by atoms with E-state index in [2.05, 4.69) is 140 Å². The fourth-order valence-electron chi connectivity index (χ4n) is 6.15. The van der Waals surface area contributed by atoms with Crippen LogP contribution in [0.2, 0.25) is 0 Å². The van der Waals surface area contributed by atoms with Crippen molar-refractivity contribution in [1.29, 1.82) is 0 Å². The van der Waals surface area contributed by atoms with Crippen molar-refractivity contribution in [3.05, 3.63) is 152 Å². The highest BCUT2D eigenvalue weighted by molar-refractivity contribution is 6.07. The maximum absolute atomic E-state index is 6.36. The first kappa shape index (κ1) is 25.4. The third kappa shape index (κ3) is 4.52. The van der Waals surface area contributed by atoms with Crippen LogP contribution in [-0.4, -0.2) is 15.0 Å². The number of aromatic nitrogens is 3. The molecule has 0 saturated carbocycles. The maximum atomic E-state index is 6.36. The molecule has 0 aliphatic carbocycles. The van der Waals surface area contributed by atoms with Gasteiger partial charge in [-0.25, -0.2) is 15.0 Å². The van der Waals surface area contributed by atoms with E-state index in [1.54, 1.807) is 0 Å². The molecule has 4 heteroatoms. The third-order valence-electron chi connectivity index (χ3n) is 8.49. The number of nitrogens with zero attached hydrogens (tertiary/aromatic N) is 3. The van der Waals surface area contributed by atoms with E-state index in [1.807, 2.05) is 12.1 Å². The van der Waals surface area contributed by atoms with Gasteiger partial charge in [0.05, 0.1) is 0 Å². The van der Waals surface area contributed by atoms with Crippen LogP contribution in [0.3, 0.4) is 0 Å². The lowest BCUT2D eigenvalue weighted by Crippen LogP contribution is -2.00. The van der Waals surface area contributed by atoms with Crippen LogP contribution in [0, 0.1) is 0 Å². The standard InChI is InChI=1S/C41H25N3O/c1-2-8-26(9-3-1)31-19-21-37-36(24-31)35-20-18-34(25-38(35)45-37)41-43-39(32-16-14-27-10-4-6-12-29(27)22-32)42-40(44-41)33-17-15-28-11-5-7-13-30(28)23-33/h1-25H. The van der Waals surface area contributed by atoms with E-state index >= 15 is 0 Å². The van der Waals surface area contributed by atoms with Crippen molar-refractivity contribution in [2.24, 2.45) is 0 Å². The zero-order chi connectivity index (χ0) is 29.7. The Hall–Kier alpha value is -6.13. The van der Waals surface area contributed by atoms with E-state index in [4.69, 9.17) is 19.4 Å². The van der Waals surface area contributed by atoms with Crippen LogP contribution in [0.25, 0.3) is 88.8 Å². The van der Waals surface area contributed by atoms with Crippen molar-refractivity contribution in [2.45, 2.75) is 0 Å². The largest absolute Gasteiger partial charge is 0.456 e. The molecule has 0 amide bonds. The second-order valence-corrected chi connectivity index (χ2v) is 11.3. The molecule has 0 bridgehead atoms. The van der Waals surface area contributed by atoms with Crippen LogP contribution < -0.4 is 0 Å². The zero-order valence-corrected chi connectivity index (χ0v) is 24.2. The lowest BCUT2D eigenvalue weighted by Gasteiger charge is -2.10. The molecule has 0 saturated heterocycles. The Bertz CT molecular complexity index is 2450. The average molecular weight is 576 g/mol. The number of rotatable bonds is 4. The lowest BCUT2D eigenvalue weighted by molar-refractivity contribution is 0.669. The summed E-state index contributed by atoms with van der Waals surface area (Å²) in [6.07, 6.45) is 0.